The minimum atomic E-state index is -0.0334. The van der Waals surface area contributed by atoms with Gasteiger partial charge in [0.2, 0.25) is 0 Å². The molecule has 3 heteroatoms. The normalized spacial score (nSPS) is 14.8. The fourth-order valence-electron chi connectivity index (χ4n) is 9.43. The summed E-state index contributed by atoms with van der Waals surface area (Å²) in [7, 11) is 0. The molecule has 0 amide bonds. The average Bonchev–Trinajstić information content (AvgIpc) is 3.85. The minimum Gasteiger partial charge on any atom is -0.309 e. The first-order valence-electron chi connectivity index (χ1n) is 18.3. The molecule has 244 valence electrons. The lowest BCUT2D eigenvalue weighted by molar-refractivity contribution is 0.346. The van der Waals surface area contributed by atoms with Crippen LogP contribution in [0.2, 0.25) is 0 Å². The van der Waals surface area contributed by atoms with E-state index < -0.39 is 0 Å². The van der Waals surface area contributed by atoms with Crippen LogP contribution >= 0.6 is 11.3 Å². The molecule has 1 aliphatic carbocycles. The quantitative estimate of drug-likeness (QED) is 0.176. The molecule has 51 heavy (non-hydrogen) atoms. The van der Waals surface area contributed by atoms with Crippen LogP contribution in [0.5, 0.6) is 0 Å². The monoisotopic (exact) mass is 672 g/mol. The van der Waals surface area contributed by atoms with Crippen molar-refractivity contribution >= 4 is 75.1 Å². The molecular formula is C48H36N2S. The van der Waals surface area contributed by atoms with Gasteiger partial charge in [-0.05, 0) is 96.8 Å². The highest BCUT2D eigenvalue weighted by molar-refractivity contribution is 7.25. The van der Waals surface area contributed by atoms with Crippen molar-refractivity contribution in [3.05, 3.63) is 169 Å². The van der Waals surface area contributed by atoms with Crippen LogP contribution in [0.4, 0.5) is 0 Å². The van der Waals surface area contributed by atoms with E-state index in [0.29, 0.717) is 0 Å². The molecule has 10 aromatic rings. The summed E-state index contributed by atoms with van der Waals surface area (Å²) < 4.78 is 7.60. The molecule has 3 heterocycles. The molecule has 11 rings (SSSR count). The van der Waals surface area contributed by atoms with Gasteiger partial charge in [-0.1, -0.05) is 104 Å². The highest BCUT2D eigenvalue weighted by atomic mass is 32.1. The minimum absolute atomic E-state index is 0.0334. The summed E-state index contributed by atoms with van der Waals surface area (Å²) in [5.41, 5.74) is 10.3. The smallest absolute Gasteiger partial charge is 0.0541 e. The molecule has 1 saturated carbocycles. The Kier molecular flexibility index (Phi) is 6.39. The molecule has 0 atom stereocenters. The molecule has 0 radical (unpaired) electrons. The first kappa shape index (κ1) is 29.1. The summed E-state index contributed by atoms with van der Waals surface area (Å²) in [4.78, 5) is 0. The van der Waals surface area contributed by atoms with Crippen LogP contribution < -0.4 is 0 Å². The fraction of sp³-hybridized carbons (Fsp3) is 0.125. The fourth-order valence-corrected chi connectivity index (χ4v) is 10.5. The van der Waals surface area contributed by atoms with Crippen molar-refractivity contribution in [3.63, 3.8) is 0 Å². The molecule has 0 bridgehead atoms. The van der Waals surface area contributed by atoms with Gasteiger partial charge < -0.3 is 9.13 Å². The van der Waals surface area contributed by atoms with E-state index in [1.165, 1.54) is 118 Å². The average molecular weight is 673 g/mol. The number of benzene rings is 7. The van der Waals surface area contributed by atoms with Gasteiger partial charge in [-0.2, -0.15) is 0 Å². The van der Waals surface area contributed by atoms with E-state index in [9.17, 15) is 0 Å². The van der Waals surface area contributed by atoms with Crippen LogP contribution in [-0.2, 0) is 5.41 Å². The molecule has 3 aromatic heterocycles. The summed E-state index contributed by atoms with van der Waals surface area (Å²) in [5, 5.41) is 7.98. The van der Waals surface area contributed by atoms with E-state index in [1.807, 2.05) is 11.3 Å². The van der Waals surface area contributed by atoms with Gasteiger partial charge in [-0.15, -0.1) is 11.3 Å². The number of fused-ring (bicyclic) bond motifs is 9. The number of thiophene rings is 1. The molecule has 0 saturated heterocycles. The first-order valence-corrected chi connectivity index (χ1v) is 19.1. The maximum Gasteiger partial charge on any atom is 0.0541 e. The zero-order valence-corrected chi connectivity index (χ0v) is 29.2. The molecule has 0 N–H and O–H groups in total. The Bertz CT molecular complexity index is 2950. The molecular weight excluding hydrogens is 637 g/mol. The van der Waals surface area contributed by atoms with Gasteiger partial charge in [0.05, 0.1) is 22.1 Å². The largest absolute Gasteiger partial charge is 0.309 e. The van der Waals surface area contributed by atoms with Crippen molar-refractivity contribution in [1.82, 2.24) is 9.13 Å². The Balaban J connectivity index is 1.12. The van der Waals surface area contributed by atoms with Crippen molar-refractivity contribution in [3.8, 4) is 11.4 Å². The number of aromatic nitrogens is 2. The Morgan fingerprint density at radius 1 is 0.373 bits per heavy atom. The van der Waals surface area contributed by atoms with Gasteiger partial charge >= 0.3 is 0 Å². The third-order valence-electron chi connectivity index (χ3n) is 11.8. The van der Waals surface area contributed by atoms with Crippen molar-refractivity contribution in [2.24, 2.45) is 0 Å². The van der Waals surface area contributed by atoms with E-state index >= 15 is 0 Å². The van der Waals surface area contributed by atoms with Crippen molar-refractivity contribution in [2.75, 3.05) is 0 Å². The molecule has 2 nitrogen and oxygen atoms in total. The molecule has 7 aromatic carbocycles. The van der Waals surface area contributed by atoms with Crippen molar-refractivity contribution in [1.29, 1.82) is 0 Å². The highest BCUT2D eigenvalue weighted by Gasteiger charge is 2.36. The molecule has 1 aliphatic rings. The van der Waals surface area contributed by atoms with Gasteiger partial charge in [0.25, 0.3) is 0 Å². The second kappa shape index (κ2) is 11.2. The summed E-state index contributed by atoms with van der Waals surface area (Å²) >= 11 is 1.88. The summed E-state index contributed by atoms with van der Waals surface area (Å²) in [6.45, 7) is 0. The number of rotatable bonds is 4. The maximum atomic E-state index is 2.55. The molecule has 1 fully saturated rings. The van der Waals surface area contributed by atoms with E-state index in [1.54, 1.807) is 0 Å². The zero-order chi connectivity index (χ0) is 33.5. The van der Waals surface area contributed by atoms with E-state index in [-0.39, 0.29) is 5.41 Å². The van der Waals surface area contributed by atoms with Crippen molar-refractivity contribution in [2.45, 2.75) is 37.5 Å². The number of nitrogens with zero attached hydrogens (tertiary/aromatic N) is 2. The Morgan fingerprint density at radius 2 is 0.902 bits per heavy atom. The topological polar surface area (TPSA) is 9.86 Å². The van der Waals surface area contributed by atoms with Gasteiger partial charge in [0.15, 0.2) is 0 Å². The second-order valence-corrected chi connectivity index (χ2v) is 15.5. The third kappa shape index (κ3) is 4.28. The SMILES string of the molecule is c1ccc(-n2c3ccccc3c3cc(C4(c5ccc6c(c5)c5ccccc5n6-c5ccc6sc7ccccc7c6c5)CCCCC4)ccc32)cc1. The highest BCUT2D eigenvalue weighted by Crippen LogP contribution is 2.48. The lowest BCUT2D eigenvalue weighted by atomic mass is 9.65. The zero-order valence-electron chi connectivity index (χ0n) is 28.3. The van der Waals surface area contributed by atoms with Gasteiger partial charge in [-0.3, -0.25) is 0 Å². The van der Waals surface area contributed by atoms with E-state index in [4.69, 9.17) is 0 Å². The van der Waals surface area contributed by atoms with Gasteiger partial charge in [0.1, 0.15) is 0 Å². The second-order valence-electron chi connectivity index (χ2n) is 14.4. The Hall–Kier alpha value is -5.64. The molecule has 0 aliphatic heterocycles. The Morgan fingerprint density at radius 3 is 1.57 bits per heavy atom. The van der Waals surface area contributed by atoms with Gasteiger partial charge in [0, 0.05) is 58.5 Å². The summed E-state index contributed by atoms with van der Waals surface area (Å²) in [6, 6.07) is 59.3. The summed E-state index contributed by atoms with van der Waals surface area (Å²) in [6.07, 6.45) is 6.14. The van der Waals surface area contributed by atoms with Crippen LogP contribution in [0.1, 0.15) is 43.2 Å². The molecule has 0 unspecified atom stereocenters. The Labute approximate surface area is 300 Å². The summed E-state index contributed by atoms with van der Waals surface area (Å²) in [5.74, 6) is 0. The van der Waals surface area contributed by atoms with E-state index in [0.717, 1.165) is 0 Å². The number of para-hydroxylation sites is 3. The standard InChI is InChI=1S/C48H36N2S/c1-3-13-34(14-4-1)49-42-18-8-5-15-36(42)39-29-32(21-24-44(39)49)48(27-11-2-12-28-48)33-22-25-45-40(30-33)37-16-6-9-19-43(37)50(45)35-23-26-47-41(31-35)38-17-7-10-20-46(38)51-47/h1,3-10,13-26,29-31H,2,11-12,27-28H2. The third-order valence-corrected chi connectivity index (χ3v) is 12.9. The van der Waals surface area contributed by atoms with E-state index in [2.05, 4.69) is 167 Å². The lowest BCUT2D eigenvalue weighted by Gasteiger charge is -2.39. The lowest BCUT2D eigenvalue weighted by Crippen LogP contribution is -2.30. The number of hydrogen-bond acceptors (Lipinski definition) is 1. The number of hydrogen-bond donors (Lipinski definition) is 0. The maximum absolute atomic E-state index is 2.55. The van der Waals surface area contributed by atoms with Crippen LogP contribution in [0.25, 0.3) is 75.2 Å². The molecule has 0 spiro atoms. The predicted molar refractivity (Wildman–Crippen MR) is 218 cm³/mol. The van der Waals surface area contributed by atoms with Crippen molar-refractivity contribution < 1.29 is 0 Å². The predicted octanol–water partition coefficient (Wildman–Crippen LogP) is 13.5. The van der Waals surface area contributed by atoms with Gasteiger partial charge in [-0.25, -0.2) is 0 Å². The first-order chi connectivity index (χ1) is 25.3. The van der Waals surface area contributed by atoms with Crippen LogP contribution in [0, 0.1) is 0 Å². The van der Waals surface area contributed by atoms with Crippen LogP contribution in [0.15, 0.2) is 158 Å². The van der Waals surface area contributed by atoms with Crippen LogP contribution in [-0.4, -0.2) is 9.13 Å². The van der Waals surface area contributed by atoms with Crippen LogP contribution in [0.3, 0.4) is 0 Å².